The predicted molar refractivity (Wildman–Crippen MR) is 73.8 cm³/mol. The lowest BCUT2D eigenvalue weighted by Gasteiger charge is -2.13. The molecule has 1 aromatic heterocycles. The molecular formula is C16H7F7N2. The van der Waals surface area contributed by atoms with Crippen LogP contribution in [-0.2, 0) is 6.18 Å². The van der Waals surface area contributed by atoms with E-state index in [0.29, 0.717) is 10.2 Å². The van der Waals surface area contributed by atoms with Crippen LogP contribution in [0.1, 0.15) is 5.56 Å². The van der Waals surface area contributed by atoms with E-state index in [1.807, 2.05) is 0 Å². The SMILES string of the molecule is Fc1c(F)c(C(F)(F)F)c(F)c(F)c1-n1ccc(-c2ccccc2)n1. The van der Waals surface area contributed by atoms with Gasteiger partial charge in [0.15, 0.2) is 23.3 Å². The third kappa shape index (κ3) is 2.86. The van der Waals surface area contributed by atoms with E-state index < -0.39 is 40.7 Å². The molecule has 0 saturated heterocycles. The van der Waals surface area contributed by atoms with Crippen molar-refractivity contribution in [1.82, 2.24) is 9.78 Å². The molecule has 0 bridgehead atoms. The molecule has 3 rings (SSSR count). The van der Waals surface area contributed by atoms with Crippen molar-refractivity contribution in [2.45, 2.75) is 6.18 Å². The normalized spacial score (nSPS) is 11.8. The summed E-state index contributed by atoms with van der Waals surface area (Å²) in [5, 5.41) is 3.77. The third-order valence-electron chi connectivity index (χ3n) is 3.41. The first kappa shape index (κ1) is 17.0. The fourth-order valence-corrected chi connectivity index (χ4v) is 2.28. The minimum absolute atomic E-state index is 0.208. The quantitative estimate of drug-likeness (QED) is 0.458. The molecule has 3 aromatic rings. The van der Waals surface area contributed by atoms with Crippen LogP contribution in [0, 0.1) is 23.3 Å². The first-order chi connectivity index (χ1) is 11.7. The maximum atomic E-state index is 14.0. The van der Waals surface area contributed by atoms with Crippen LogP contribution >= 0.6 is 0 Å². The van der Waals surface area contributed by atoms with Crippen LogP contribution in [-0.4, -0.2) is 9.78 Å². The van der Waals surface area contributed by atoms with E-state index in [1.54, 1.807) is 30.3 Å². The van der Waals surface area contributed by atoms with Crippen LogP contribution in [0.15, 0.2) is 42.6 Å². The molecule has 0 N–H and O–H groups in total. The highest BCUT2D eigenvalue weighted by Gasteiger charge is 2.42. The standard InChI is InChI=1S/C16H7F7N2/c17-11-10(16(21,22)23)12(18)14(20)15(13(11)19)25-7-6-9(24-25)8-4-2-1-3-5-8/h1-7H. The van der Waals surface area contributed by atoms with Crippen LogP contribution in [0.5, 0.6) is 0 Å². The summed E-state index contributed by atoms with van der Waals surface area (Å²) in [6, 6.07) is 9.56. The van der Waals surface area contributed by atoms with Gasteiger partial charge in [-0.2, -0.15) is 18.3 Å². The number of benzene rings is 2. The van der Waals surface area contributed by atoms with Crippen molar-refractivity contribution < 1.29 is 30.7 Å². The zero-order chi connectivity index (χ0) is 18.4. The van der Waals surface area contributed by atoms with Gasteiger partial charge in [0.2, 0.25) is 0 Å². The number of nitrogens with zero attached hydrogens (tertiary/aromatic N) is 2. The molecule has 0 aliphatic carbocycles. The van der Waals surface area contributed by atoms with E-state index >= 15 is 0 Å². The fraction of sp³-hybridized carbons (Fsp3) is 0.0625. The molecule has 0 unspecified atom stereocenters. The molecule has 0 aliphatic rings. The predicted octanol–water partition coefficient (Wildman–Crippen LogP) is 5.11. The second kappa shape index (κ2) is 5.91. The van der Waals surface area contributed by atoms with E-state index in [1.165, 1.54) is 6.07 Å². The zero-order valence-corrected chi connectivity index (χ0v) is 12.1. The molecular weight excluding hydrogens is 353 g/mol. The molecule has 2 aromatic carbocycles. The summed E-state index contributed by atoms with van der Waals surface area (Å²) in [5.41, 5.74) is -3.25. The summed E-state index contributed by atoms with van der Waals surface area (Å²) in [6.45, 7) is 0. The average molecular weight is 360 g/mol. The van der Waals surface area contributed by atoms with Gasteiger partial charge in [-0.25, -0.2) is 22.2 Å². The lowest BCUT2D eigenvalue weighted by Crippen LogP contribution is -2.18. The maximum Gasteiger partial charge on any atom is 0.422 e. The molecule has 0 fully saturated rings. The molecule has 1 heterocycles. The molecule has 0 saturated carbocycles. The van der Waals surface area contributed by atoms with E-state index in [0.717, 1.165) is 6.20 Å². The highest BCUT2D eigenvalue weighted by atomic mass is 19.4. The average Bonchev–Trinajstić information content (AvgIpc) is 3.03. The van der Waals surface area contributed by atoms with Crippen LogP contribution < -0.4 is 0 Å². The van der Waals surface area contributed by atoms with Crippen molar-refractivity contribution in [3.05, 3.63) is 71.4 Å². The zero-order valence-electron chi connectivity index (χ0n) is 12.1. The number of halogens is 7. The van der Waals surface area contributed by atoms with E-state index in [2.05, 4.69) is 5.10 Å². The largest absolute Gasteiger partial charge is 0.422 e. The summed E-state index contributed by atoms with van der Waals surface area (Å²) < 4.78 is 93.5. The minimum Gasteiger partial charge on any atom is -0.234 e. The molecule has 0 atom stereocenters. The fourth-order valence-electron chi connectivity index (χ4n) is 2.28. The van der Waals surface area contributed by atoms with Gasteiger partial charge >= 0.3 is 6.18 Å². The Bertz CT molecular complexity index is 901. The van der Waals surface area contributed by atoms with Crippen molar-refractivity contribution in [3.63, 3.8) is 0 Å². The lowest BCUT2D eigenvalue weighted by atomic mass is 10.1. The Hall–Kier alpha value is -2.84. The molecule has 2 nitrogen and oxygen atoms in total. The van der Waals surface area contributed by atoms with Crippen molar-refractivity contribution >= 4 is 0 Å². The van der Waals surface area contributed by atoms with E-state index in [-0.39, 0.29) is 5.69 Å². The smallest absolute Gasteiger partial charge is 0.234 e. The van der Waals surface area contributed by atoms with Gasteiger partial charge < -0.3 is 0 Å². The van der Waals surface area contributed by atoms with Gasteiger partial charge in [-0.15, -0.1) is 0 Å². The number of hydrogen-bond acceptors (Lipinski definition) is 1. The summed E-state index contributed by atoms with van der Waals surface area (Å²) in [4.78, 5) is 0. The molecule has 0 aliphatic heterocycles. The summed E-state index contributed by atoms with van der Waals surface area (Å²) in [5.74, 6) is -9.43. The van der Waals surface area contributed by atoms with Crippen molar-refractivity contribution in [2.75, 3.05) is 0 Å². The summed E-state index contributed by atoms with van der Waals surface area (Å²) in [7, 11) is 0. The monoisotopic (exact) mass is 360 g/mol. The summed E-state index contributed by atoms with van der Waals surface area (Å²) >= 11 is 0. The Morgan fingerprint density at radius 3 is 1.84 bits per heavy atom. The Kier molecular flexibility index (Phi) is 4.02. The Balaban J connectivity index is 2.18. The highest BCUT2D eigenvalue weighted by Crippen LogP contribution is 2.37. The number of rotatable bonds is 2. The van der Waals surface area contributed by atoms with Crippen LogP contribution in [0.2, 0.25) is 0 Å². The second-order valence-electron chi connectivity index (χ2n) is 4.99. The second-order valence-corrected chi connectivity index (χ2v) is 4.99. The first-order valence-electron chi connectivity index (χ1n) is 6.76. The number of alkyl halides is 3. The number of hydrogen-bond donors (Lipinski definition) is 0. The molecule has 9 heteroatoms. The van der Waals surface area contributed by atoms with Crippen molar-refractivity contribution in [1.29, 1.82) is 0 Å². The van der Waals surface area contributed by atoms with Gasteiger partial charge in [0, 0.05) is 11.8 Å². The molecule has 0 amide bonds. The van der Waals surface area contributed by atoms with Gasteiger partial charge in [-0.1, -0.05) is 30.3 Å². The van der Waals surface area contributed by atoms with E-state index in [4.69, 9.17) is 0 Å². The Labute approximate surface area is 136 Å². The highest BCUT2D eigenvalue weighted by molar-refractivity contribution is 5.58. The van der Waals surface area contributed by atoms with Crippen LogP contribution in [0.3, 0.4) is 0 Å². The number of aromatic nitrogens is 2. The Morgan fingerprint density at radius 2 is 1.32 bits per heavy atom. The summed E-state index contributed by atoms with van der Waals surface area (Å²) in [6.07, 6.45) is -4.61. The molecule has 0 radical (unpaired) electrons. The van der Waals surface area contributed by atoms with E-state index in [9.17, 15) is 30.7 Å². The van der Waals surface area contributed by atoms with Crippen LogP contribution in [0.25, 0.3) is 16.9 Å². The topological polar surface area (TPSA) is 17.8 Å². The van der Waals surface area contributed by atoms with Gasteiger partial charge in [0.1, 0.15) is 11.3 Å². The van der Waals surface area contributed by atoms with Gasteiger partial charge in [0.05, 0.1) is 5.69 Å². The van der Waals surface area contributed by atoms with Gasteiger partial charge in [0.25, 0.3) is 0 Å². The minimum atomic E-state index is -5.59. The van der Waals surface area contributed by atoms with Crippen LogP contribution in [0.4, 0.5) is 30.7 Å². The molecule has 0 spiro atoms. The van der Waals surface area contributed by atoms with Gasteiger partial charge in [-0.05, 0) is 6.07 Å². The first-order valence-corrected chi connectivity index (χ1v) is 6.76. The lowest BCUT2D eigenvalue weighted by molar-refractivity contribution is -0.143. The van der Waals surface area contributed by atoms with Gasteiger partial charge in [-0.3, -0.25) is 0 Å². The third-order valence-corrected chi connectivity index (χ3v) is 3.41. The Morgan fingerprint density at radius 1 is 0.760 bits per heavy atom. The molecule has 130 valence electrons. The maximum absolute atomic E-state index is 14.0. The van der Waals surface area contributed by atoms with Crippen molar-refractivity contribution in [3.8, 4) is 16.9 Å². The van der Waals surface area contributed by atoms with Crippen molar-refractivity contribution in [2.24, 2.45) is 0 Å². The molecule has 25 heavy (non-hydrogen) atoms.